The van der Waals surface area contributed by atoms with Gasteiger partial charge in [0.05, 0.1) is 12.5 Å². The van der Waals surface area contributed by atoms with Crippen molar-refractivity contribution in [2.75, 3.05) is 5.75 Å². The highest BCUT2D eigenvalue weighted by molar-refractivity contribution is 7.80. The van der Waals surface area contributed by atoms with Crippen LogP contribution in [0.2, 0.25) is 0 Å². The largest absolute Gasteiger partial charge is 0.481 e. The highest BCUT2D eigenvalue weighted by Gasteiger charge is 2.28. The summed E-state index contributed by atoms with van der Waals surface area (Å²) in [6.45, 7) is 1.23. The van der Waals surface area contributed by atoms with E-state index in [-0.39, 0.29) is 18.6 Å². The van der Waals surface area contributed by atoms with E-state index in [1.807, 2.05) is 5.32 Å². The van der Waals surface area contributed by atoms with Gasteiger partial charge in [0.2, 0.25) is 17.7 Å². The van der Waals surface area contributed by atoms with Gasteiger partial charge < -0.3 is 37.0 Å². The Labute approximate surface area is 170 Å². The molecule has 0 spiro atoms. The van der Waals surface area contributed by atoms with E-state index in [1.165, 1.54) is 6.92 Å². The number of rotatable bonds is 13. The molecule has 0 aromatic carbocycles. The number of carbonyl (C=O) groups excluding carboxylic acids is 3. The van der Waals surface area contributed by atoms with Gasteiger partial charge in [-0.3, -0.25) is 24.0 Å². The molecule has 0 heterocycles. The van der Waals surface area contributed by atoms with E-state index >= 15 is 0 Å². The molecule has 0 bridgehead atoms. The average Bonchev–Trinajstić information content (AvgIpc) is 2.62. The highest BCUT2D eigenvalue weighted by atomic mass is 32.1. The zero-order chi connectivity index (χ0) is 22.7. The summed E-state index contributed by atoms with van der Waals surface area (Å²) in [4.78, 5) is 68.3. The quantitative estimate of drug-likeness (QED) is 0.138. The van der Waals surface area contributed by atoms with Crippen LogP contribution >= 0.6 is 12.6 Å². The Morgan fingerprint density at radius 3 is 1.86 bits per heavy atom. The lowest BCUT2D eigenvalue weighted by molar-refractivity contribution is -0.147. The average molecular weight is 436 g/mol. The first-order chi connectivity index (χ1) is 13.4. The smallest absolute Gasteiger partial charge is 0.326 e. The fourth-order valence-electron chi connectivity index (χ4n) is 1.93. The number of amides is 3. The first kappa shape index (κ1) is 26.1. The number of carbonyl (C=O) groups is 6. The van der Waals surface area contributed by atoms with Crippen LogP contribution in [-0.2, 0) is 28.8 Å². The zero-order valence-corrected chi connectivity index (χ0v) is 16.3. The van der Waals surface area contributed by atoms with Crippen LogP contribution in [0.15, 0.2) is 0 Å². The van der Waals surface area contributed by atoms with Crippen LogP contribution in [0, 0.1) is 0 Å². The molecule has 0 saturated heterocycles. The summed E-state index contributed by atoms with van der Waals surface area (Å²) < 4.78 is 0. The molecular formula is C15H24N4O9S. The van der Waals surface area contributed by atoms with Crippen molar-refractivity contribution in [3.05, 3.63) is 0 Å². The molecule has 14 heteroatoms. The van der Waals surface area contributed by atoms with Gasteiger partial charge in [0.15, 0.2) is 0 Å². The number of carboxylic acids is 3. The van der Waals surface area contributed by atoms with E-state index in [9.17, 15) is 28.8 Å². The van der Waals surface area contributed by atoms with Gasteiger partial charge in [-0.25, -0.2) is 4.79 Å². The molecule has 0 aromatic rings. The number of thiol groups is 1. The third-order valence-electron chi connectivity index (χ3n) is 3.57. The van der Waals surface area contributed by atoms with E-state index in [1.54, 1.807) is 0 Å². The summed E-state index contributed by atoms with van der Waals surface area (Å²) >= 11 is 3.92. The van der Waals surface area contributed by atoms with Crippen molar-refractivity contribution >= 4 is 48.3 Å². The van der Waals surface area contributed by atoms with Crippen molar-refractivity contribution in [1.82, 2.24) is 16.0 Å². The number of hydrogen-bond donors (Lipinski definition) is 8. The minimum absolute atomic E-state index is 0.152. The maximum absolute atomic E-state index is 12.2. The summed E-state index contributed by atoms with van der Waals surface area (Å²) in [6.07, 6.45) is -1.35. The molecule has 0 saturated carbocycles. The van der Waals surface area contributed by atoms with Crippen LogP contribution in [0.25, 0.3) is 0 Å². The number of carboxylic acid groups (broad SMARTS) is 3. The molecule has 0 rings (SSSR count). The van der Waals surface area contributed by atoms with E-state index < -0.39 is 66.2 Å². The fraction of sp³-hybridized carbons (Fsp3) is 0.600. The SMILES string of the molecule is CC(NC(=O)C(CS)NC(=O)C(N)CCC(=O)O)C(=O)NC(CC(=O)O)C(=O)O. The second-order valence-electron chi connectivity index (χ2n) is 6.01. The van der Waals surface area contributed by atoms with E-state index in [0.717, 1.165) is 0 Å². The second-order valence-corrected chi connectivity index (χ2v) is 6.38. The molecule has 8 N–H and O–H groups in total. The van der Waals surface area contributed by atoms with Crippen LogP contribution in [0.5, 0.6) is 0 Å². The third kappa shape index (κ3) is 10.3. The van der Waals surface area contributed by atoms with E-state index in [4.69, 9.17) is 21.1 Å². The van der Waals surface area contributed by atoms with Crippen LogP contribution in [0.4, 0.5) is 0 Å². The molecular weight excluding hydrogens is 412 g/mol. The Hall–Kier alpha value is -2.87. The minimum atomic E-state index is -1.69. The molecule has 0 aliphatic rings. The van der Waals surface area contributed by atoms with Crippen LogP contribution in [-0.4, -0.2) is 80.9 Å². The monoisotopic (exact) mass is 436 g/mol. The minimum Gasteiger partial charge on any atom is -0.481 e. The summed E-state index contributed by atoms with van der Waals surface area (Å²) in [5.41, 5.74) is 5.54. The van der Waals surface area contributed by atoms with Gasteiger partial charge in [-0.1, -0.05) is 0 Å². The zero-order valence-electron chi connectivity index (χ0n) is 15.5. The van der Waals surface area contributed by atoms with Gasteiger partial charge in [0.25, 0.3) is 0 Å². The number of nitrogens with two attached hydrogens (primary N) is 1. The molecule has 0 aliphatic carbocycles. The Morgan fingerprint density at radius 2 is 1.41 bits per heavy atom. The van der Waals surface area contributed by atoms with Gasteiger partial charge in [0, 0.05) is 12.2 Å². The summed E-state index contributed by atoms with van der Waals surface area (Å²) in [7, 11) is 0. The van der Waals surface area contributed by atoms with Crippen molar-refractivity contribution in [1.29, 1.82) is 0 Å². The number of hydrogen-bond acceptors (Lipinski definition) is 8. The van der Waals surface area contributed by atoms with Gasteiger partial charge in [-0.05, 0) is 13.3 Å². The molecule has 0 radical (unpaired) electrons. The predicted octanol–water partition coefficient (Wildman–Crippen LogP) is -2.86. The lowest BCUT2D eigenvalue weighted by atomic mass is 10.1. The lowest BCUT2D eigenvalue weighted by Crippen LogP contribution is -2.57. The molecule has 29 heavy (non-hydrogen) atoms. The first-order valence-corrected chi connectivity index (χ1v) is 8.96. The van der Waals surface area contributed by atoms with Crippen molar-refractivity contribution < 1.29 is 44.1 Å². The molecule has 164 valence electrons. The maximum Gasteiger partial charge on any atom is 0.326 e. The number of aliphatic carboxylic acids is 3. The van der Waals surface area contributed by atoms with Gasteiger partial charge in [-0.2, -0.15) is 12.6 Å². The van der Waals surface area contributed by atoms with E-state index in [2.05, 4.69) is 23.3 Å². The summed E-state index contributed by atoms with van der Waals surface area (Å²) in [5.74, 6) is -6.87. The lowest BCUT2D eigenvalue weighted by Gasteiger charge is -2.22. The molecule has 0 fully saturated rings. The first-order valence-electron chi connectivity index (χ1n) is 8.33. The van der Waals surface area contributed by atoms with Crippen LogP contribution < -0.4 is 21.7 Å². The highest BCUT2D eigenvalue weighted by Crippen LogP contribution is 1.99. The Kier molecular flexibility index (Phi) is 11.3. The van der Waals surface area contributed by atoms with Gasteiger partial charge in [-0.15, -0.1) is 0 Å². The molecule has 0 aliphatic heterocycles. The van der Waals surface area contributed by atoms with Crippen molar-refractivity contribution in [3.63, 3.8) is 0 Å². The topological polar surface area (TPSA) is 225 Å². The Morgan fingerprint density at radius 1 is 0.862 bits per heavy atom. The van der Waals surface area contributed by atoms with Crippen LogP contribution in [0.1, 0.15) is 26.2 Å². The Balaban J connectivity index is 4.80. The fourth-order valence-corrected chi connectivity index (χ4v) is 2.19. The third-order valence-corrected chi connectivity index (χ3v) is 3.93. The number of nitrogens with one attached hydrogen (secondary N) is 3. The predicted molar refractivity (Wildman–Crippen MR) is 100 cm³/mol. The second kappa shape index (κ2) is 12.6. The molecule has 4 atom stereocenters. The van der Waals surface area contributed by atoms with E-state index in [0.29, 0.717) is 0 Å². The van der Waals surface area contributed by atoms with Crippen molar-refractivity contribution in [2.45, 2.75) is 50.4 Å². The maximum atomic E-state index is 12.2. The summed E-state index contributed by atoms with van der Waals surface area (Å²) in [5, 5.41) is 32.6. The standard InChI is InChI=1S/C15H24N4O9S/c1-6(12(24)18-8(15(27)28)4-11(22)23)17-14(26)9(5-29)19-13(25)7(16)2-3-10(20)21/h6-9,29H,2-5,16H2,1H3,(H,17,26)(H,18,24)(H,19,25)(H,20,21)(H,22,23)(H,27,28). The Bertz CT molecular complexity index is 658. The molecule has 4 unspecified atom stereocenters. The molecule has 0 aromatic heterocycles. The molecule has 3 amide bonds. The van der Waals surface area contributed by atoms with Gasteiger partial charge in [0.1, 0.15) is 18.1 Å². The van der Waals surface area contributed by atoms with Gasteiger partial charge >= 0.3 is 17.9 Å². The van der Waals surface area contributed by atoms with Crippen molar-refractivity contribution in [3.8, 4) is 0 Å². The normalized spacial score (nSPS) is 14.6. The summed E-state index contributed by atoms with van der Waals surface area (Å²) in [6, 6.07) is -5.31. The van der Waals surface area contributed by atoms with Crippen LogP contribution in [0.3, 0.4) is 0 Å². The van der Waals surface area contributed by atoms with Crippen molar-refractivity contribution in [2.24, 2.45) is 5.73 Å². The molecule has 13 nitrogen and oxygen atoms in total.